The van der Waals surface area contributed by atoms with Crippen molar-refractivity contribution in [1.82, 2.24) is 0 Å². The van der Waals surface area contributed by atoms with Gasteiger partial charge in [-0.15, -0.1) is 0 Å². The number of hydrogen-bond donors (Lipinski definition) is 0. The van der Waals surface area contributed by atoms with Crippen LogP contribution in [0.25, 0.3) is 0 Å². The molecule has 0 aromatic heterocycles. The minimum Gasteiger partial charge on any atom is -0.269 e. The molecule has 0 unspecified atom stereocenters. The van der Waals surface area contributed by atoms with Gasteiger partial charge in [0.25, 0.3) is 0 Å². The fraction of sp³-hybridized carbons (Fsp3) is 0.222. The van der Waals surface area contributed by atoms with Crippen molar-refractivity contribution in [3.63, 3.8) is 0 Å². The van der Waals surface area contributed by atoms with Gasteiger partial charge in [0.15, 0.2) is 0 Å². The number of hydrogen-bond acceptors (Lipinski definition) is 2. The van der Waals surface area contributed by atoms with E-state index in [0.29, 0.717) is 0 Å². The summed E-state index contributed by atoms with van der Waals surface area (Å²) in [7, 11) is 1.93. The summed E-state index contributed by atoms with van der Waals surface area (Å²) in [6.45, 7) is 1.90. The van der Waals surface area contributed by atoms with Gasteiger partial charge in [0.05, 0.1) is 5.69 Å². The van der Waals surface area contributed by atoms with Gasteiger partial charge in [-0.3, -0.25) is 5.01 Å². The van der Waals surface area contributed by atoms with Crippen molar-refractivity contribution >= 4 is 11.9 Å². The molecule has 0 N–H and O–H groups in total. The van der Waals surface area contributed by atoms with Crippen LogP contribution in [-0.4, -0.2) is 13.3 Å². The third-order valence-corrected chi connectivity index (χ3v) is 1.42. The third-order valence-electron chi connectivity index (χ3n) is 1.42. The second kappa shape index (κ2) is 3.76. The number of hydrazone groups is 1. The highest BCUT2D eigenvalue weighted by atomic mass is 15.4. The normalized spacial score (nSPS) is 10.4. The second-order valence-electron chi connectivity index (χ2n) is 2.23. The van der Waals surface area contributed by atoms with E-state index in [1.165, 1.54) is 0 Å². The first kappa shape index (κ1) is 7.79. The van der Waals surface area contributed by atoms with Crippen LogP contribution in [0.4, 0.5) is 5.69 Å². The molecule has 0 atom stereocenters. The largest absolute Gasteiger partial charge is 0.269 e. The monoisotopic (exact) mass is 148 g/mol. The van der Waals surface area contributed by atoms with Crippen molar-refractivity contribution in [2.75, 3.05) is 12.1 Å². The summed E-state index contributed by atoms with van der Waals surface area (Å²) < 4.78 is 0. The Labute approximate surface area is 67.2 Å². The predicted octanol–water partition coefficient (Wildman–Crippen LogP) is 2.13. The molecule has 2 heteroatoms. The lowest BCUT2D eigenvalue weighted by Gasteiger charge is -2.11. The van der Waals surface area contributed by atoms with Crippen LogP contribution in [0.3, 0.4) is 0 Å². The number of para-hydroxylation sites is 1. The molecule has 0 radical (unpaired) electrons. The summed E-state index contributed by atoms with van der Waals surface area (Å²) in [5.41, 5.74) is 1.10. The van der Waals surface area contributed by atoms with E-state index in [-0.39, 0.29) is 0 Å². The Hall–Kier alpha value is -1.31. The van der Waals surface area contributed by atoms with Gasteiger partial charge in [0.1, 0.15) is 0 Å². The number of nitrogens with zero attached hydrogens (tertiary/aromatic N) is 2. The topological polar surface area (TPSA) is 15.6 Å². The summed E-state index contributed by atoms with van der Waals surface area (Å²) in [6.07, 6.45) is 1.77. The molecule has 0 fully saturated rings. The lowest BCUT2D eigenvalue weighted by Crippen LogP contribution is -2.07. The van der Waals surface area contributed by atoms with Gasteiger partial charge < -0.3 is 0 Å². The average molecular weight is 148 g/mol. The fourth-order valence-electron chi connectivity index (χ4n) is 0.884. The molecule has 11 heavy (non-hydrogen) atoms. The van der Waals surface area contributed by atoms with Crippen LogP contribution in [0.15, 0.2) is 35.4 Å². The predicted molar refractivity (Wildman–Crippen MR) is 49.0 cm³/mol. The van der Waals surface area contributed by atoms with Gasteiger partial charge in [0, 0.05) is 13.3 Å². The van der Waals surface area contributed by atoms with Gasteiger partial charge in [-0.25, -0.2) is 0 Å². The molecule has 1 rings (SSSR count). The minimum absolute atomic E-state index is 1.10. The summed E-state index contributed by atoms with van der Waals surface area (Å²) in [5.74, 6) is 0. The molecule has 1 aromatic rings. The van der Waals surface area contributed by atoms with E-state index in [4.69, 9.17) is 0 Å². The highest BCUT2D eigenvalue weighted by molar-refractivity contribution is 5.57. The van der Waals surface area contributed by atoms with Gasteiger partial charge in [-0.1, -0.05) is 18.2 Å². The number of benzene rings is 1. The minimum atomic E-state index is 1.10. The maximum absolute atomic E-state index is 4.10. The highest BCUT2D eigenvalue weighted by Gasteiger charge is 1.92. The molecule has 0 amide bonds. The average Bonchev–Trinajstić information content (AvgIpc) is 2.07. The molecule has 2 nitrogen and oxygen atoms in total. The standard InChI is InChI=1S/C9H12N2/c1-3-10-11(2)9-7-5-4-6-8-9/h3-8H,1-2H3. The first-order valence-corrected chi connectivity index (χ1v) is 3.62. The summed E-state index contributed by atoms with van der Waals surface area (Å²) in [5, 5.41) is 5.94. The molecule has 0 spiro atoms. The van der Waals surface area contributed by atoms with E-state index in [9.17, 15) is 0 Å². The maximum Gasteiger partial charge on any atom is 0.0590 e. The van der Waals surface area contributed by atoms with E-state index in [0.717, 1.165) is 5.69 Å². The van der Waals surface area contributed by atoms with Crippen LogP contribution in [0.2, 0.25) is 0 Å². The smallest absolute Gasteiger partial charge is 0.0590 e. The SMILES string of the molecule is CC=NN(C)c1ccccc1. The summed E-state index contributed by atoms with van der Waals surface area (Å²) in [4.78, 5) is 0. The molecule has 0 bridgehead atoms. The summed E-state index contributed by atoms with van der Waals surface area (Å²) in [6, 6.07) is 10.0. The zero-order chi connectivity index (χ0) is 8.10. The Balaban J connectivity index is 2.76. The molecule has 58 valence electrons. The number of anilines is 1. The van der Waals surface area contributed by atoms with Gasteiger partial charge in [-0.05, 0) is 19.1 Å². The van der Waals surface area contributed by atoms with Crippen LogP contribution < -0.4 is 5.01 Å². The summed E-state index contributed by atoms with van der Waals surface area (Å²) >= 11 is 0. The van der Waals surface area contributed by atoms with E-state index in [1.807, 2.05) is 49.3 Å². The van der Waals surface area contributed by atoms with Crippen LogP contribution in [-0.2, 0) is 0 Å². The Morgan fingerprint density at radius 2 is 1.91 bits per heavy atom. The molecular weight excluding hydrogens is 136 g/mol. The third kappa shape index (κ3) is 2.08. The van der Waals surface area contributed by atoms with Crippen molar-refractivity contribution in [2.45, 2.75) is 6.92 Å². The Kier molecular flexibility index (Phi) is 2.66. The van der Waals surface area contributed by atoms with Gasteiger partial charge >= 0.3 is 0 Å². The molecule has 0 saturated carbocycles. The Morgan fingerprint density at radius 1 is 1.27 bits per heavy atom. The van der Waals surface area contributed by atoms with Crippen molar-refractivity contribution in [1.29, 1.82) is 0 Å². The van der Waals surface area contributed by atoms with Crippen molar-refractivity contribution < 1.29 is 0 Å². The van der Waals surface area contributed by atoms with E-state index < -0.39 is 0 Å². The quantitative estimate of drug-likeness (QED) is 0.463. The Morgan fingerprint density at radius 3 is 2.45 bits per heavy atom. The molecule has 0 saturated heterocycles. The first-order chi connectivity index (χ1) is 5.34. The van der Waals surface area contributed by atoms with E-state index >= 15 is 0 Å². The first-order valence-electron chi connectivity index (χ1n) is 3.62. The molecular formula is C9H12N2. The van der Waals surface area contributed by atoms with Crippen molar-refractivity contribution in [2.24, 2.45) is 5.10 Å². The number of rotatable bonds is 2. The van der Waals surface area contributed by atoms with Gasteiger partial charge in [-0.2, -0.15) is 5.10 Å². The van der Waals surface area contributed by atoms with Crippen LogP contribution in [0, 0.1) is 0 Å². The zero-order valence-corrected chi connectivity index (χ0v) is 6.86. The second-order valence-corrected chi connectivity index (χ2v) is 2.23. The van der Waals surface area contributed by atoms with Gasteiger partial charge in [0.2, 0.25) is 0 Å². The lowest BCUT2D eigenvalue weighted by molar-refractivity contribution is 1.02. The van der Waals surface area contributed by atoms with Crippen LogP contribution in [0.5, 0.6) is 0 Å². The van der Waals surface area contributed by atoms with Crippen molar-refractivity contribution in [3.05, 3.63) is 30.3 Å². The van der Waals surface area contributed by atoms with Crippen LogP contribution >= 0.6 is 0 Å². The molecule has 0 aliphatic carbocycles. The lowest BCUT2D eigenvalue weighted by atomic mass is 10.3. The highest BCUT2D eigenvalue weighted by Crippen LogP contribution is 2.10. The molecule has 0 aliphatic rings. The molecule has 0 heterocycles. The molecule has 0 aliphatic heterocycles. The van der Waals surface area contributed by atoms with E-state index in [1.54, 1.807) is 6.21 Å². The fourth-order valence-corrected chi connectivity index (χ4v) is 0.884. The van der Waals surface area contributed by atoms with E-state index in [2.05, 4.69) is 5.10 Å². The van der Waals surface area contributed by atoms with Crippen molar-refractivity contribution in [3.8, 4) is 0 Å². The molecule has 1 aromatic carbocycles. The van der Waals surface area contributed by atoms with Crippen LogP contribution in [0.1, 0.15) is 6.92 Å². The zero-order valence-electron chi connectivity index (χ0n) is 6.86. The maximum atomic E-state index is 4.10. The Bertz CT molecular complexity index is 229.